The van der Waals surface area contributed by atoms with Crippen LogP contribution in [0.25, 0.3) is 0 Å². The van der Waals surface area contributed by atoms with E-state index in [9.17, 15) is 0 Å². The summed E-state index contributed by atoms with van der Waals surface area (Å²) < 4.78 is 6.88. The van der Waals surface area contributed by atoms with Crippen LogP contribution in [0.1, 0.15) is 30.2 Å². The van der Waals surface area contributed by atoms with E-state index in [1.165, 1.54) is 0 Å². The maximum absolute atomic E-state index is 6.02. The van der Waals surface area contributed by atoms with Crippen LogP contribution < -0.4 is 10.6 Å². The Kier molecular flexibility index (Phi) is 8.71. The van der Waals surface area contributed by atoms with Crippen molar-refractivity contribution in [1.82, 2.24) is 30.6 Å². The molecule has 3 aromatic rings. The van der Waals surface area contributed by atoms with Gasteiger partial charge in [0.15, 0.2) is 11.8 Å². The van der Waals surface area contributed by atoms with Gasteiger partial charge in [0.1, 0.15) is 6.54 Å². The van der Waals surface area contributed by atoms with E-state index in [1.54, 1.807) is 13.1 Å². The van der Waals surface area contributed by atoms with E-state index in [0.717, 1.165) is 12.1 Å². The van der Waals surface area contributed by atoms with Gasteiger partial charge in [0, 0.05) is 37.4 Å². The molecule has 2 aromatic heterocycles. The largest absolute Gasteiger partial charge is 0.357 e. The minimum absolute atomic E-state index is 0. The van der Waals surface area contributed by atoms with Crippen molar-refractivity contribution in [2.45, 2.75) is 26.4 Å². The lowest BCUT2D eigenvalue weighted by molar-refractivity contribution is 0.387. The minimum atomic E-state index is -0.00598. The molecule has 1 atom stereocenters. The number of nitrogens with zero attached hydrogens (tertiary/aromatic N) is 5. The number of rotatable bonds is 7. The van der Waals surface area contributed by atoms with Crippen LogP contribution in [0, 0.1) is 6.92 Å². The summed E-state index contributed by atoms with van der Waals surface area (Å²) in [5.74, 6) is 1.75. The zero-order valence-corrected chi connectivity index (χ0v) is 18.8. The summed E-state index contributed by atoms with van der Waals surface area (Å²) in [6, 6.07) is 9.66. The molecule has 0 aliphatic rings. The highest BCUT2D eigenvalue weighted by atomic mass is 127. The topological polar surface area (TPSA) is 93.2 Å². The molecule has 0 fully saturated rings. The highest BCUT2D eigenvalue weighted by molar-refractivity contribution is 14.0. The van der Waals surface area contributed by atoms with Crippen LogP contribution in [-0.2, 0) is 6.54 Å². The first-order valence-corrected chi connectivity index (χ1v) is 9.09. The number of hydrogen-bond donors (Lipinski definition) is 2. The van der Waals surface area contributed by atoms with E-state index in [-0.39, 0.29) is 30.0 Å². The van der Waals surface area contributed by atoms with Crippen molar-refractivity contribution in [2.24, 2.45) is 4.99 Å². The van der Waals surface area contributed by atoms with E-state index in [1.807, 2.05) is 48.1 Å². The molecule has 3 rings (SSSR count). The van der Waals surface area contributed by atoms with Crippen LogP contribution in [0.2, 0.25) is 5.02 Å². The zero-order valence-electron chi connectivity index (χ0n) is 15.7. The Bertz CT molecular complexity index is 864. The molecule has 0 amide bonds. The lowest BCUT2D eigenvalue weighted by Crippen LogP contribution is -2.40. The molecule has 2 heterocycles. The molecule has 0 bridgehead atoms. The maximum atomic E-state index is 6.02. The predicted molar refractivity (Wildman–Crippen MR) is 119 cm³/mol. The predicted octanol–water partition coefficient (Wildman–Crippen LogP) is 3.19. The number of aryl methyl sites for hydroxylation is 1. The van der Waals surface area contributed by atoms with Crippen molar-refractivity contribution in [1.29, 1.82) is 0 Å². The van der Waals surface area contributed by atoms with Crippen molar-refractivity contribution in [3.63, 3.8) is 0 Å². The quantitative estimate of drug-likeness (QED) is 0.285. The van der Waals surface area contributed by atoms with Crippen LogP contribution in [0.5, 0.6) is 0 Å². The van der Waals surface area contributed by atoms with Crippen molar-refractivity contribution in [2.75, 3.05) is 13.1 Å². The van der Waals surface area contributed by atoms with Crippen molar-refractivity contribution < 1.29 is 4.52 Å². The lowest BCUT2D eigenvalue weighted by Gasteiger charge is -2.20. The smallest absolute Gasteiger partial charge is 0.223 e. The SMILES string of the molecule is CCNC(=NCc1noc(C)n1)NCC(c1ccc(Cl)cc1)n1cccn1.I. The summed E-state index contributed by atoms with van der Waals surface area (Å²) in [6.07, 6.45) is 3.70. The molecule has 8 nitrogen and oxygen atoms in total. The molecule has 0 aliphatic heterocycles. The Hall–Kier alpha value is -2.14. The van der Waals surface area contributed by atoms with Crippen molar-refractivity contribution >= 4 is 41.5 Å². The maximum Gasteiger partial charge on any atom is 0.223 e. The average molecular weight is 516 g/mol. The highest BCUT2D eigenvalue weighted by Gasteiger charge is 2.15. The van der Waals surface area contributed by atoms with Gasteiger partial charge in [-0.3, -0.25) is 4.68 Å². The molecule has 2 N–H and O–H groups in total. The van der Waals surface area contributed by atoms with Crippen LogP contribution in [-0.4, -0.2) is 39.0 Å². The summed E-state index contributed by atoms with van der Waals surface area (Å²) in [7, 11) is 0. The molecule has 0 spiro atoms. The number of aromatic nitrogens is 4. The van der Waals surface area contributed by atoms with Gasteiger partial charge in [-0.1, -0.05) is 28.9 Å². The number of hydrogen-bond acceptors (Lipinski definition) is 5. The molecule has 150 valence electrons. The zero-order chi connectivity index (χ0) is 19.1. The number of aliphatic imine (C=N–C) groups is 1. The highest BCUT2D eigenvalue weighted by Crippen LogP contribution is 2.19. The first-order valence-electron chi connectivity index (χ1n) is 8.71. The van der Waals surface area contributed by atoms with Gasteiger partial charge in [-0.05, 0) is 30.7 Å². The normalized spacial score (nSPS) is 12.3. The van der Waals surface area contributed by atoms with E-state index in [2.05, 4.69) is 30.9 Å². The Morgan fingerprint density at radius 2 is 2.07 bits per heavy atom. The monoisotopic (exact) mass is 515 g/mol. The third-order valence-electron chi connectivity index (χ3n) is 3.85. The molecule has 0 radical (unpaired) electrons. The van der Waals surface area contributed by atoms with Crippen molar-refractivity contribution in [3.05, 3.63) is 65.0 Å². The fourth-order valence-electron chi connectivity index (χ4n) is 2.60. The van der Waals surface area contributed by atoms with Crippen LogP contribution in [0.4, 0.5) is 0 Å². The Balaban J connectivity index is 0.00000280. The van der Waals surface area contributed by atoms with E-state index >= 15 is 0 Å². The fourth-order valence-corrected chi connectivity index (χ4v) is 2.73. The summed E-state index contributed by atoms with van der Waals surface area (Å²) in [6.45, 7) is 5.44. The third kappa shape index (κ3) is 6.20. The van der Waals surface area contributed by atoms with Crippen LogP contribution in [0.3, 0.4) is 0 Å². The lowest BCUT2D eigenvalue weighted by atomic mass is 10.1. The molecular formula is C18H23ClIN7O. The molecular weight excluding hydrogens is 493 g/mol. The van der Waals surface area contributed by atoms with Gasteiger partial charge in [0.25, 0.3) is 0 Å². The van der Waals surface area contributed by atoms with Gasteiger partial charge in [-0.15, -0.1) is 24.0 Å². The fraction of sp³-hybridized carbons (Fsp3) is 0.333. The van der Waals surface area contributed by atoms with Gasteiger partial charge in [-0.2, -0.15) is 10.1 Å². The molecule has 1 unspecified atom stereocenters. The second-order valence-corrected chi connectivity index (χ2v) is 6.30. The number of nitrogens with one attached hydrogen (secondary N) is 2. The number of halogens is 2. The molecule has 0 aliphatic carbocycles. The first kappa shape index (κ1) is 22.2. The second kappa shape index (κ2) is 11.0. The average Bonchev–Trinajstić information content (AvgIpc) is 3.33. The summed E-state index contributed by atoms with van der Waals surface area (Å²) >= 11 is 6.02. The van der Waals surface area contributed by atoms with Gasteiger partial charge >= 0.3 is 0 Å². The Morgan fingerprint density at radius 1 is 1.29 bits per heavy atom. The van der Waals surface area contributed by atoms with Crippen LogP contribution >= 0.6 is 35.6 Å². The standard InChI is InChI=1S/C18H22ClN7O.HI/c1-3-20-18(22-12-17-24-13(2)27-25-17)21-11-16(26-10-4-9-23-26)14-5-7-15(19)8-6-14;/h4-10,16H,3,11-12H2,1-2H3,(H2,20,21,22);1H. The summed E-state index contributed by atoms with van der Waals surface area (Å²) in [5, 5.41) is 15.5. The summed E-state index contributed by atoms with van der Waals surface area (Å²) in [4.78, 5) is 8.68. The number of benzene rings is 1. The molecule has 28 heavy (non-hydrogen) atoms. The molecule has 1 aromatic carbocycles. The molecule has 0 saturated carbocycles. The Morgan fingerprint density at radius 3 is 2.68 bits per heavy atom. The second-order valence-electron chi connectivity index (χ2n) is 5.86. The van der Waals surface area contributed by atoms with Crippen molar-refractivity contribution in [3.8, 4) is 0 Å². The van der Waals surface area contributed by atoms with Gasteiger partial charge in [-0.25, -0.2) is 4.99 Å². The number of guanidine groups is 1. The van der Waals surface area contributed by atoms with E-state index in [4.69, 9.17) is 16.1 Å². The Labute approximate surface area is 185 Å². The van der Waals surface area contributed by atoms with E-state index in [0.29, 0.717) is 35.8 Å². The van der Waals surface area contributed by atoms with E-state index < -0.39 is 0 Å². The summed E-state index contributed by atoms with van der Waals surface area (Å²) in [5.41, 5.74) is 1.10. The molecule has 10 heteroatoms. The third-order valence-corrected chi connectivity index (χ3v) is 4.11. The first-order chi connectivity index (χ1) is 13.2. The van der Waals surface area contributed by atoms with Gasteiger partial charge in [0.2, 0.25) is 5.89 Å². The van der Waals surface area contributed by atoms with Crippen LogP contribution in [0.15, 0.2) is 52.2 Å². The minimum Gasteiger partial charge on any atom is -0.357 e. The van der Waals surface area contributed by atoms with Gasteiger partial charge in [0.05, 0.1) is 6.04 Å². The van der Waals surface area contributed by atoms with Gasteiger partial charge < -0.3 is 15.2 Å². The molecule has 0 saturated heterocycles.